The molecule has 23 heavy (non-hydrogen) atoms. The minimum atomic E-state index is -2.21. The second kappa shape index (κ2) is 4.89. The van der Waals surface area contributed by atoms with Crippen molar-refractivity contribution in [2.24, 2.45) is 0 Å². The van der Waals surface area contributed by atoms with Gasteiger partial charge in [-0.2, -0.15) is 0 Å². The third-order valence-electron chi connectivity index (χ3n) is 5.47. The summed E-state index contributed by atoms with van der Waals surface area (Å²) in [5, 5.41) is 24.4. The van der Waals surface area contributed by atoms with Crippen molar-refractivity contribution in [3.05, 3.63) is 0 Å². The van der Waals surface area contributed by atoms with Crippen LogP contribution in [0.5, 0.6) is 0 Å². The average Bonchev–Trinajstić information content (AvgIpc) is 2.43. The first-order valence-corrected chi connectivity index (χ1v) is 7.95. The number of amides is 2. The van der Waals surface area contributed by atoms with Gasteiger partial charge in [0.15, 0.2) is 0 Å². The standard InChI is InChI=1S/C15H24N2O6/c1-16-10(18)14(20)12(6-4-7-12)23-15(21,11(19)17(2)3)13(22-14)8-5-9-13/h20-21H,4-9H2,1-3H3,(H,16,18). The summed E-state index contributed by atoms with van der Waals surface area (Å²) in [4.78, 5) is 26.1. The summed E-state index contributed by atoms with van der Waals surface area (Å²) >= 11 is 0. The lowest BCUT2D eigenvalue weighted by atomic mass is 9.66. The van der Waals surface area contributed by atoms with E-state index in [1.807, 2.05) is 0 Å². The fraction of sp³-hybridized carbons (Fsp3) is 0.867. The van der Waals surface area contributed by atoms with E-state index >= 15 is 0 Å². The van der Waals surface area contributed by atoms with Gasteiger partial charge < -0.3 is 29.9 Å². The van der Waals surface area contributed by atoms with Gasteiger partial charge in [0.05, 0.1) is 0 Å². The average molecular weight is 328 g/mol. The monoisotopic (exact) mass is 328 g/mol. The Morgan fingerprint density at radius 3 is 1.74 bits per heavy atom. The third-order valence-corrected chi connectivity index (χ3v) is 5.47. The molecule has 0 radical (unpaired) electrons. The predicted octanol–water partition coefficient (Wildman–Crippen LogP) is -0.910. The maximum absolute atomic E-state index is 12.6. The van der Waals surface area contributed by atoms with Gasteiger partial charge in [-0.3, -0.25) is 9.59 Å². The summed E-state index contributed by atoms with van der Waals surface area (Å²) in [6, 6.07) is 0. The molecule has 0 aromatic carbocycles. The Labute approximate surface area is 134 Å². The van der Waals surface area contributed by atoms with Crippen LogP contribution in [0.1, 0.15) is 38.5 Å². The van der Waals surface area contributed by atoms with E-state index in [1.54, 1.807) is 0 Å². The van der Waals surface area contributed by atoms with E-state index in [4.69, 9.17) is 9.47 Å². The van der Waals surface area contributed by atoms with Gasteiger partial charge in [-0.15, -0.1) is 0 Å². The molecule has 1 heterocycles. The van der Waals surface area contributed by atoms with Crippen LogP contribution in [0.4, 0.5) is 0 Å². The number of nitrogens with zero attached hydrogens (tertiary/aromatic N) is 1. The number of hydrogen-bond acceptors (Lipinski definition) is 6. The van der Waals surface area contributed by atoms with Gasteiger partial charge in [-0.25, -0.2) is 0 Å². The highest BCUT2D eigenvalue weighted by Gasteiger charge is 2.77. The minimum absolute atomic E-state index is 0.329. The number of hydrogen-bond donors (Lipinski definition) is 3. The lowest BCUT2D eigenvalue weighted by molar-refractivity contribution is -0.483. The highest BCUT2D eigenvalue weighted by molar-refractivity contribution is 5.88. The van der Waals surface area contributed by atoms with Gasteiger partial charge in [0, 0.05) is 21.1 Å². The molecule has 8 nitrogen and oxygen atoms in total. The van der Waals surface area contributed by atoms with Crippen LogP contribution < -0.4 is 5.32 Å². The first-order chi connectivity index (χ1) is 10.7. The molecule has 2 saturated carbocycles. The molecule has 3 fully saturated rings. The minimum Gasteiger partial charge on any atom is -0.356 e. The van der Waals surface area contributed by atoms with E-state index < -0.39 is 34.6 Å². The second-order valence-corrected chi connectivity index (χ2v) is 6.97. The van der Waals surface area contributed by atoms with Gasteiger partial charge in [-0.05, 0) is 38.5 Å². The first-order valence-electron chi connectivity index (χ1n) is 7.95. The van der Waals surface area contributed by atoms with Gasteiger partial charge in [0.1, 0.15) is 11.2 Å². The Balaban J connectivity index is 2.06. The van der Waals surface area contributed by atoms with Gasteiger partial charge in [0.2, 0.25) is 0 Å². The molecule has 3 rings (SSSR count). The number of aliphatic hydroxyl groups is 2. The molecule has 130 valence electrons. The van der Waals surface area contributed by atoms with Crippen molar-refractivity contribution in [1.29, 1.82) is 0 Å². The van der Waals surface area contributed by atoms with Gasteiger partial charge in [-0.1, -0.05) is 0 Å². The molecular formula is C15H24N2O6. The van der Waals surface area contributed by atoms with E-state index in [-0.39, 0.29) is 0 Å². The van der Waals surface area contributed by atoms with Crippen molar-refractivity contribution in [1.82, 2.24) is 10.2 Å². The second-order valence-electron chi connectivity index (χ2n) is 6.97. The number of carbonyl (C=O) groups excluding carboxylic acids is 2. The number of nitrogens with one attached hydrogen (secondary N) is 1. The van der Waals surface area contributed by atoms with Crippen molar-refractivity contribution < 1.29 is 29.3 Å². The molecule has 2 atom stereocenters. The summed E-state index contributed by atoms with van der Waals surface area (Å²) < 4.78 is 11.7. The van der Waals surface area contributed by atoms with Crippen LogP contribution in [0, 0.1) is 0 Å². The molecule has 3 N–H and O–H groups in total. The van der Waals surface area contributed by atoms with E-state index in [1.165, 1.54) is 26.0 Å². The first kappa shape index (κ1) is 16.6. The van der Waals surface area contributed by atoms with Gasteiger partial charge in [0.25, 0.3) is 23.4 Å². The molecule has 0 aromatic rings. The maximum Gasteiger partial charge on any atom is 0.285 e. The van der Waals surface area contributed by atoms with E-state index in [0.29, 0.717) is 38.5 Å². The highest BCUT2D eigenvalue weighted by atomic mass is 16.8. The summed E-state index contributed by atoms with van der Waals surface area (Å²) in [6.07, 6.45) is 2.74. The van der Waals surface area contributed by atoms with Crippen LogP contribution >= 0.6 is 0 Å². The zero-order valence-corrected chi connectivity index (χ0v) is 13.7. The maximum atomic E-state index is 12.6. The molecule has 2 aliphatic carbocycles. The van der Waals surface area contributed by atoms with Crippen molar-refractivity contribution in [3.8, 4) is 0 Å². The van der Waals surface area contributed by atoms with E-state index in [2.05, 4.69) is 5.32 Å². The third kappa shape index (κ3) is 1.86. The molecule has 2 spiro atoms. The molecule has 2 unspecified atom stereocenters. The highest BCUT2D eigenvalue weighted by Crippen LogP contribution is 2.59. The van der Waals surface area contributed by atoms with Crippen LogP contribution in [-0.2, 0) is 19.1 Å². The number of ether oxygens (including phenoxy) is 2. The van der Waals surface area contributed by atoms with Crippen molar-refractivity contribution in [2.45, 2.75) is 61.3 Å². The number of likely N-dealkylation sites (N-methyl/N-ethyl adjacent to an activating group) is 2. The fourth-order valence-corrected chi connectivity index (χ4v) is 3.73. The summed E-state index contributed by atoms with van der Waals surface area (Å²) in [5.41, 5.74) is -2.81. The Kier molecular flexibility index (Phi) is 3.54. The summed E-state index contributed by atoms with van der Waals surface area (Å²) in [6.45, 7) is 0. The summed E-state index contributed by atoms with van der Waals surface area (Å²) in [5.74, 6) is -5.76. The van der Waals surface area contributed by atoms with Crippen LogP contribution in [0.15, 0.2) is 0 Å². The van der Waals surface area contributed by atoms with Crippen LogP contribution in [0.25, 0.3) is 0 Å². The molecule has 1 aliphatic heterocycles. The SMILES string of the molecule is CNC(=O)C1(O)OC2(CCC2)C(O)(C(=O)N(C)C)OC12CCC2. The predicted molar refractivity (Wildman–Crippen MR) is 78.0 cm³/mol. The Bertz CT molecular complexity index is 542. The Morgan fingerprint density at radius 1 is 0.957 bits per heavy atom. The molecule has 3 aliphatic rings. The van der Waals surface area contributed by atoms with E-state index in [0.717, 1.165) is 0 Å². The Hall–Kier alpha value is -1.22. The number of carbonyl (C=O) groups is 2. The van der Waals surface area contributed by atoms with Crippen LogP contribution in [0.2, 0.25) is 0 Å². The summed E-state index contributed by atoms with van der Waals surface area (Å²) in [7, 11) is 4.43. The lowest BCUT2D eigenvalue weighted by Gasteiger charge is -2.65. The van der Waals surface area contributed by atoms with E-state index in [9.17, 15) is 19.8 Å². The van der Waals surface area contributed by atoms with Crippen molar-refractivity contribution in [3.63, 3.8) is 0 Å². The quantitative estimate of drug-likeness (QED) is 0.606. The molecule has 1 saturated heterocycles. The van der Waals surface area contributed by atoms with Crippen LogP contribution in [-0.4, -0.2) is 70.8 Å². The zero-order chi connectivity index (χ0) is 17.1. The molecule has 8 heteroatoms. The largest absolute Gasteiger partial charge is 0.356 e. The van der Waals surface area contributed by atoms with Crippen molar-refractivity contribution in [2.75, 3.05) is 21.1 Å². The molecule has 0 aromatic heterocycles. The Morgan fingerprint density at radius 2 is 1.39 bits per heavy atom. The number of rotatable bonds is 2. The zero-order valence-electron chi connectivity index (χ0n) is 13.7. The van der Waals surface area contributed by atoms with Gasteiger partial charge >= 0.3 is 0 Å². The smallest absolute Gasteiger partial charge is 0.285 e. The fourth-order valence-electron chi connectivity index (χ4n) is 3.73. The molecule has 0 bridgehead atoms. The normalized spacial score (nSPS) is 36.9. The van der Waals surface area contributed by atoms with Crippen molar-refractivity contribution >= 4 is 11.8 Å². The van der Waals surface area contributed by atoms with Crippen LogP contribution in [0.3, 0.4) is 0 Å². The lowest BCUT2D eigenvalue weighted by Crippen LogP contribution is -2.83. The molecular weight excluding hydrogens is 304 g/mol. The topological polar surface area (TPSA) is 108 Å². The molecule has 2 amide bonds.